The number of methoxy groups -OCH3 is 1. The second-order valence-electron chi connectivity index (χ2n) is 5.68. The number of ketones is 1. The van der Waals surface area contributed by atoms with Gasteiger partial charge in [-0.2, -0.15) is 0 Å². The molecule has 1 heterocycles. The molecular formula is C18H23N3O3S. The van der Waals surface area contributed by atoms with Crippen molar-refractivity contribution in [2.45, 2.75) is 32.5 Å². The van der Waals surface area contributed by atoms with Crippen LogP contribution in [-0.2, 0) is 16.1 Å². The molecule has 0 aliphatic carbocycles. The van der Waals surface area contributed by atoms with Crippen molar-refractivity contribution in [3.63, 3.8) is 0 Å². The van der Waals surface area contributed by atoms with E-state index >= 15 is 0 Å². The molecule has 0 atom stereocenters. The van der Waals surface area contributed by atoms with E-state index in [0.29, 0.717) is 24.4 Å². The maximum Gasteiger partial charge on any atom is 0.234 e. The van der Waals surface area contributed by atoms with Crippen LogP contribution in [0.5, 0.6) is 0 Å². The van der Waals surface area contributed by atoms with Crippen LogP contribution >= 0.6 is 11.8 Å². The van der Waals surface area contributed by atoms with Gasteiger partial charge in [-0.3, -0.25) is 9.59 Å². The van der Waals surface area contributed by atoms with Gasteiger partial charge in [-0.1, -0.05) is 23.9 Å². The van der Waals surface area contributed by atoms with Gasteiger partial charge >= 0.3 is 0 Å². The zero-order chi connectivity index (χ0) is 18.4. The summed E-state index contributed by atoms with van der Waals surface area (Å²) in [4.78, 5) is 28.1. The molecule has 2 rings (SSSR count). The topological polar surface area (TPSA) is 73.2 Å². The lowest BCUT2D eigenvalue weighted by atomic mass is 10.1. The standard InChI is InChI=1S/C18H23N3O3S/c1-12-13(2)21(8-9-24-4)18(19-12)25-11-17(23)20-16-7-5-6-15(10-16)14(3)22/h5-7,10H,8-9,11H2,1-4H3,(H,20,23). The number of aromatic nitrogens is 2. The van der Waals surface area contributed by atoms with Crippen molar-refractivity contribution in [2.24, 2.45) is 0 Å². The van der Waals surface area contributed by atoms with E-state index in [1.54, 1.807) is 31.4 Å². The number of ether oxygens (including phenoxy) is 1. The van der Waals surface area contributed by atoms with Gasteiger partial charge in [0.05, 0.1) is 18.1 Å². The summed E-state index contributed by atoms with van der Waals surface area (Å²) in [5, 5.41) is 3.62. The van der Waals surface area contributed by atoms with Gasteiger partial charge in [0.15, 0.2) is 10.9 Å². The molecule has 0 fully saturated rings. The molecule has 1 aromatic carbocycles. The molecule has 0 saturated carbocycles. The minimum absolute atomic E-state index is 0.0309. The summed E-state index contributed by atoms with van der Waals surface area (Å²) in [6.07, 6.45) is 0. The summed E-state index contributed by atoms with van der Waals surface area (Å²) < 4.78 is 7.20. The highest BCUT2D eigenvalue weighted by Gasteiger charge is 2.13. The van der Waals surface area contributed by atoms with Gasteiger partial charge in [-0.25, -0.2) is 4.98 Å². The summed E-state index contributed by atoms with van der Waals surface area (Å²) in [7, 11) is 1.66. The van der Waals surface area contributed by atoms with E-state index in [9.17, 15) is 9.59 Å². The van der Waals surface area contributed by atoms with E-state index in [2.05, 4.69) is 14.9 Å². The summed E-state index contributed by atoms with van der Waals surface area (Å²) >= 11 is 1.39. The number of hydrogen-bond acceptors (Lipinski definition) is 5. The molecule has 0 aliphatic rings. The molecule has 7 heteroatoms. The van der Waals surface area contributed by atoms with E-state index in [1.807, 2.05) is 13.8 Å². The molecule has 0 unspecified atom stereocenters. The van der Waals surface area contributed by atoms with Crippen molar-refractivity contribution in [3.05, 3.63) is 41.2 Å². The molecule has 0 saturated heterocycles. The van der Waals surface area contributed by atoms with Gasteiger partial charge in [-0.15, -0.1) is 0 Å². The number of thioether (sulfide) groups is 1. The van der Waals surface area contributed by atoms with E-state index in [0.717, 1.165) is 16.5 Å². The Kier molecular flexibility index (Phi) is 6.78. The Morgan fingerprint density at radius 2 is 2.08 bits per heavy atom. The monoisotopic (exact) mass is 361 g/mol. The molecule has 2 aromatic rings. The molecule has 0 spiro atoms. The van der Waals surface area contributed by atoms with Crippen LogP contribution in [0.15, 0.2) is 29.4 Å². The van der Waals surface area contributed by atoms with Crippen molar-refractivity contribution in [1.82, 2.24) is 9.55 Å². The number of amides is 1. The van der Waals surface area contributed by atoms with Crippen LogP contribution in [0, 0.1) is 13.8 Å². The van der Waals surface area contributed by atoms with E-state index in [1.165, 1.54) is 18.7 Å². The van der Waals surface area contributed by atoms with Crippen LogP contribution in [0.2, 0.25) is 0 Å². The molecule has 0 radical (unpaired) electrons. The lowest BCUT2D eigenvalue weighted by molar-refractivity contribution is -0.113. The number of rotatable bonds is 8. The molecule has 0 aliphatic heterocycles. The Labute approximate surface area is 152 Å². The number of imidazole rings is 1. The number of benzene rings is 1. The van der Waals surface area contributed by atoms with Crippen molar-refractivity contribution in [3.8, 4) is 0 Å². The smallest absolute Gasteiger partial charge is 0.234 e. The molecule has 1 amide bonds. The molecule has 1 N–H and O–H groups in total. The fourth-order valence-electron chi connectivity index (χ4n) is 2.32. The number of carbonyl (C=O) groups excluding carboxylic acids is 2. The number of hydrogen-bond donors (Lipinski definition) is 1. The Bertz CT molecular complexity index is 771. The van der Waals surface area contributed by atoms with Crippen LogP contribution in [0.3, 0.4) is 0 Å². The third kappa shape index (κ3) is 5.17. The first-order chi connectivity index (χ1) is 11.9. The van der Waals surface area contributed by atoms with Gasteiger partial charge < -0.3 is 14.6 Å². The first-order valence-corrected chi connectivity index (χ1v) is 8.97. The van der Waals surface area contributed by atoms with Gasteiger partial charge in [-0.05, 0) is 32.9 Å². The summed E-state index contributed by atoms with van der Waals surface area (Å²) in [5.41, 5.74) is 3.22. The summed E-state index contributed by atoms with van der Waals surface area (Å²) in [6.45, 7) is 6.76. The first-order valence-electron chi connectivity index (χ1n) is 7.98. The third-order valence-electron chi connectivity index (χ3n) is 3.83. The number of aryl methyl sites for hydroxylation is 1. The fourth-order valence-corrected chi connectivity index (χ4v) is 3.24. The second kappa shape index (κ2) is 8.82. The zero-order valence-corrected chi connectivity index (χ0v) is 15.8. The quantitative estimate of drug-likeness (QED) is 0.578. The molecule has 1 aromatic heterocycles. The highest BCUT2D eigenvalue weighted by atomic mass is 32.2. The minimum Gasteiger partial charge on any atom is -0.383 e. The predicted molar refractivity (Wildman–Crippen MR) is 99.4 cm³/mol. The van der Waals surface area contributed by atoms with Crippen molar-refractivity contribution >= 4 is 29.1 Å². The molecule has 25 heavy (non-hydrogen) atoms. The average Bonchev–Trinajstić information content (AvgIpc) is 2.85. The van der Waals surface area contributed by atoms with Crippen LogP contribution in [0.4, 0.5) is 5.69 Å². The Morgan fingerprint density at radius 3 is 2.76 bits per heavy atom. The lowest BCUT2D eigenvalue weighted by Gasteiger charge is -2.09. The van der Waals surface area contributed by atoms with E-state index in [4.69, 9.17) is 4.74 Å². The molecule has 6 nitrogen and oxygen atoms in total. The normalized spacial score (nSPS) is 10.7. The SMILES string of the molecule is COCCn1c(SCC(=O)Nc2cccc(C(C)=O)c2)nc(C)c1C. The van der Waals surface area contributed by atoms with Crippen molar-refractivity contribution in [1.29, 1.82) is 0 Å². The Hall–Kier alpha value is -2.12. The Morgan fingerprint density at radius 1 is 1.32 bits per heavy atom. The number of nitrogens with zero attached hydrogens (tertiary/aromatic N) is 2. The average molecular weight is 361 g/mol. The van der Waals surface area contributed by atoms with Crippen LogP contribution in [0.1, 0.15) is 28.7 Å². The predicted octanol–water partition coefficient (Wildman–Crippen LogP) is 3.08. The van der Waals surface area contributed by atoms with E-state index < -0.39 is 0 Å². The van der Waals surface area contributed by atoms with Gasteiger partial charge in [0.25, 0.3) is 0 Å². The van der Waals surface area contributed by atoms with Gasteiger partial charge in [0.2, 0.25) is 5.91 Å². The number of anilines is 1. The van der Waals surface area contributed by atoms with Gasteiger partial charge in [0, 0.05) is 30.6 Å². The van der Waals surface area contributed by atoms with Gasteiger partial charge in [0.1, 0.15) is 0 Å². The van der Waals surface area contributed by atoms with Crippen molar-refractivity contribution < 1.29 is 14.3 Å². The fraction of sp³-hybridized carbons (Fsp3) is 0.389. The molecule has 134 valence electrons. The van der Waals surface area contributed by atoms with Crippen LogP contribution < -0.4 is 5.32 Å². The summed E-state index contributed by atoms with van der Waals surface area (Å²) in [5.74, 6) is 0.0755. The molecule has 0 bridgehead atoms. The second-order valence-corrected chi connectivity index (χ2v) is 6.63. The number of Topliss-reactive ketones (excluding diaryl/α,β-unsaturated/α-hetero) is 1. The van der Waals surface area contributed by atoms with Crippen LogP contribution in [0.25, 0.3) is 0 Å². The minimum atomic E-state index is -0.137. The maximum atomic E-state index is 12.2. The molecular weight excluding hydrogens is 338 g/mol. The van der Waals surface area contributed by atoms with Crippen LogP contribution in [-0.4, -0.2) is 40.7 Å². The number of carbonyl (C=O) groups is 2. The first kappa shape index (κ1) is 19.2. The maximum absolute atomic E-state index is 12.2. The third-order valence-corrected chi connectivity index (χ3v) is 4.80. The highest BCUT2D eigenvalue weighted by Crippen LogP contribution is 2.21. The lowest BCUT2D eigenvalue weighted by Crippen LogP contribution is -2.15. The van der Waals surface area contributed by atoms with Crippen molar-refractivity contribution in [2.75, 3.05) is 24.8 Å². The Balaban J connectivity index is 1.99. The highest BCUT2D eigenvalue weighted by molar-refractivity contribution is 7.99. The van der Waals surface area contributed by atoms with E-state index in [-0.39, 0.29) is 17.4 Å². The zero-order valence-electron chi connectivity index (χ0n) is 15.0. The number of nitrogens with one attached hydrogen (secondary N) is 1. The largest absolute Gasteiger partial charge is 0.383 e. The summed E-state index contributed by atoms with van der Waals surface area (Å²) in [6, 6.07) is 6.93.